The first kappa shape index (κ1) is 15.4. The standard InChI is InChI=1S/C18H18N4O3/c1-11-9-13(17(19)23)12-5-2-3-6-14(12)22(11)10-16-20-18(21-25-16)15-7-4-8-24-15/h2-8,11,13H,9-10H2,1H3,(H2,19,23)/t11-,13+/m1/s1. The van der Waals surface area contributed by atoms with Gasteiger partial charge in [0.05, 0.1) is 18.7 Å². The van der Waals surface area contributed by atoms with E-state index in [1.807, 2.05) is 24.3 Å². The maximum atomic E-state index is 11.8. The topological polar surface area (TPSA) is 98.4 Å². The molecule has 4 rings (SSSR count). The summed E-state index contributed by atoms with van der Waals surface area (Å²) in [5, 5.41) is 3.97. The van der Waals surface area contributed by atoms with Crippen LogP contribution in [0.2, 0.25) is 0 Å². The first-order valence-electron chi connectivity index (χ1n) is 8.15. The molecule has 25 heavy (non-hydrogen) atoms. The third-order valence-electron chi connectivity index (χ3n) is 4.59. The Kier molecular flexibility index (Phi) is 3.76. The van der Waals surface area contributed by atoms with E-state index >= 15 is 0 Å². The number of aromatic nitrogens is 2. The Balaban J connectivity index is 1.64. The number of anilines is 1. The average Bonchev–Trinajstić information content (AvgIpc) is 3.28. The summed E-state index contributed by atoms with van der Waals surface area (Å²) in [6, 6.07) is 11.5. The van der Waals surface area contributed by atoms with Gasteiger partial charge in [-0.25, -0.2) is 0 Å². The van der Waals surface area contributed by atoms with E-state index in [1.54, 1.807) is 18.4 Å². The summed E-state index contributed by atoms with van der Waals surface area (Å²) in [7, 11) is 0. The largest absolute Gasteiger partial charge is 0.461 e. The Labute approximate surface area is 144 Å². The molecular formula is C18H18N4O3. The van der Waals surface area contributed by atoms with Gasteiger partial charge in [0.2, 0.25) is 17.6 Å². The number of nitrogens with zero attached hydrogens (tertiary/aromatic N) is 3. The molecule has 0 saturated heterocycles. The number of benzene rings is 1. The fourth-order valence-electron chi connectivity index (χ4n) is 3.36. The molecule has 1 aliphatic rings. The Bertz CT molecular complexity index is 887. The van der Waals surface area contributed by atoms with Crippen molar-refractivity contribution in [3.63, 3.8) is 0 Å². The van der Waals surface area contributed by atoms with Crippen LogP contribution in [0.5, 0.6) is 0 Å². The molecule has 0 aliphatic carbocycles. The summed E-state index contributed by atoms with van der Waals surface area (Å²) in [6.07, 6.45) is 2.23. The van der Waals surface area contributed by atoms with Crippen LogP contribution in [-0.2, 0) is 11.3 Å². The van der Waals surface area contributed by atoms with Gasteiger partial charge in [0.1, 0.15) is 0 Å². The van der Waals surface area contributed by atoms with Crippen LogP contribution in [0, 0.1) is 0 Å². The van der Waals surface area contributed by atoms with Crippen molar-refractivity contribution in [3.05, 3.63) is 54.1 Å². The lowest BCUT2D eigenvalue weighted by Gasteiger charge is -2.39. The summed E-state index contributed by atoms with van der Waals surface area (Å²) in [4.78, 5) is 18.4. The molecule has 0 radical (unpaired) electrons. The smallest absolute Gasteiger partial charge is 0.246 e. The van der Waals surface area contributed by atoms with E-state index in [4.69, 9.17) is 14.7 Å². The number of fused-ring (bicyclic) bond motifs is 1. The van der Waals surface area contributed by atoms with Gasteiger partial charge < -0.3 is 19.6 Å². The first-order valence-corrected chi connectivity index (χ1v) is 8.15. The molecule has 7 nitrogen and oxygen atoms in total. The molecule has 128 valence electrons. The second-order valence-corrected chi connectivity index (χ2v) is 6.22. The molecule has 0 saturated carbocycles. The van der Waals surface area contributed by atoms with Crippen LogP contribution in [0.15, 0.2) is 51.6 Å². The maximum absolute atomic E-state index is 11.8. The molecule has 0 bridgehead atoms. The molecule has 3 heterocycles. The van der Waals surface area contributed by atoms with E-state index in [-0.39, 0.29) is 17.9 Å². The van der Waals surface area contributed by atoms with Crippen LogP contribution >= 0.6 is 0 Å². The van der Waals surface area contributed by atoms with Gasteiger partial charge in [-0.05, 0) is 37.1 Å². The fraction of sp³-hybridized carbons (Fsp3) is 0.278. The van der Waals surface area contributed by atoms with Crippen LogP contribution < -0.4 is 10.6 Å². The number of amides is 1. The lowest BCUT2D eigenvalue weighted by molar-refractivity contribution is -0.119. The summed E-state index contributed by atoms with van der Waals surface area (Å²) in [5.41, 5.74) is 7.51. The van der Waals surface area contributed by atoms with Crippen molar-refractivity contribution in [2.75, 3.05) is 4.90 Å². The lowest BCUT2D eigenvalue weighted by Crippen LogP contribution is -2.41. The molecule has 1 aliphatic heterocycles. The van der Waals surface area contributed by atoms with Crippen molar-refractivity contribution < 1.29 is 13.7 Å². The van der Waals surface area contributed by atoms with Crippen molar-refractivity contribution in [2.24, 2.45) is 5.73 Å². The van der Waals surface area contributed by atoms with Crippen LogP contribution in [0.4, 0.5) is 5.69 Å². The highest BCUT2D eigenvalue weighted by atomic mass is 16.5. The predicted octanol–water partition coefficient (Wildman–Crippen LogP) is 2.70. The third-order valence-corrected chi connectivity index (χ3v) is 4.59. The highest BCUT2D eigenvalue weighted by molar-refractivity contribution is 5.85. The molecule has 1 amide bonds. The number of furan rings is 1. The zero-order valence-corrected chi connectivity index (χ0v) is 13.8. The minimum atomic E-state index is -0.295. The molecule has 2 aromatic heterocycles. The lowest BCUT2D eigenvalue weighted by atomic mass is 9.85. The van der Waals surface area contributed by atoms with Gasteiger partial charge in [-0.2, -0.15) is 4.98 Å². The van der Waals surface area contributed by atoms with Crippen molar-refractivity contribution in [2.45, 2.75) is 31.8 Å². The number of nitrogens with two attached hydrogens (primary N) is 1. The van der Waals surface area contributed by atoms with Crippen molar-refractivity contribution in [1.82, 2.24) is 10.1 Å². The van der Waals surface area contributed by atoms with E-state index in [0.29, 0.717) is 30.4 Å². The number of rotatable bonds is 4. The Morgan fingerprint density at radius 1 is 1.32 bits per heavy atom. The summed E-state index contributed by atoms with van der Waals surface area (Å²) in [5.74, 6) is 0.912. The SMILES string of the molecule is C[C@@H]1C[C@H](C(N)=O)c2ccccc2N1Cc1nc(-c2ccco2)no1. The quantitative estimate of drug-likeness (QED) is 0.785. The second kappa shape index (κ2) is 6.08. The monoisotopic (exact) mass is 338 g/mol. The highest BCUT2D eigenvalue weighted by Crippen LogP contribution is 2.38. The molecule has 3 aromatic rings. The summed E-state index contributed by atoms with van der Waals surface area (Å²) >= 11 is 0. The zero-order chi connectivity index (χ0) is 17.4. The van der Waals surface area contributed by atoms with Gasteiger partial charge in [0, 0.05) is 11.7 Å². The van der Waals surface area contributed by atoms with Crippen molar-refractivity contribution in [3.8, 4) is 11.6 Å². The average molecular weight is 338 g/mol. The van der Waals surface area contributed by atoms with Crippen LogP contribution in [-0.4, -0.2) is 22.1 Å². The molecule has 2 atom stereocenters. The van der Waals surface area contributed by atoms with Crippen LogP contribution in [0.3, 0.4) is 0 Å². The molecule has 0 fully saturated rings. The van der Waals surface area contributed by atoms with Crippen LogP contribution in [0.25, 0.3) is 11.6 Å². The predicted molar refractivity (Wildman–Crippen MR) is 90.6 cm³/mol. The minimum Gasteiger partial charge on any atom is -0.461 e. The zero-order valence-electron chi connectivity index (χ0n) is 13.8. The number of carbonyl (C=O) groups is 1. The van der Waals surface area contributed by atoms with E-state index in [0.717, 1.165) is 11.3 Å². The molecule has 7 heteroatoms. The third kappa shape index (κ3) is 2.77. The Morgan fingerprint density at radius 2 is 2.16 bits per heavy atom. The number of hydrogen-bond acceptors (Lipinski definition) is 6. The number of primary amides is 1. The van der Waals surface area contributed by atoms with Gasteiger partial charge in [0.15, 0.2) is 5.76 Å². The van der Waals surface area contributed by atoms with Crippen molar-refractivity contribution >= 4 is 11.6 Å². The van der Waals surface area contributed by atoms with E-state index in [9.17, 15) is 4.79 Å². The maximum Gasteiger partial charge on any atom is 0.246 e. The summed E-state index contributed by atoms with van der Waals surface area (Å²) < 4.78 is 10.7. The molecular weight excluding hydrogens is 320 g/mol. The Morgan fingerprint density at radius 3 is 2.92 bits per heavy atom. The number of para-hydroxylation sites is 1. The normalized spacial score (nSPS) is 19.6. The Hall–Kier alpha value is -3.09. The van der Waals surface area contributed by atoms with Crippen molar-refractivity contribution in [1.29, 1.82) is 0 Å². The highest BCUT2D eigenvalue weighted by Gasteiger charge is 2.33. The van der Waals surface area contributed by atoms with E-state index < -0.39 is 0 Å². The first-order chi connectivity index (χ1) is 12.1. The van der Waals surface area contributed by atoms with Gasteiger partial charge in [0.25, 0.3) is 0 Å². The minimum absolute atomic E-state index is 0.117. The second-order valence-electron chi connectivity index (χ2n) is 6.22. The van der Waals surface area contributed by atoms with E-state index in [2.05, 4.69) is 22.0 Å². The molecule has 0 spiro atoms. The van der Waals surface area contributed by atoms with Gasteiger partial charge in [-0.3, -0.25) is 4.79 Å². The van der Waals surface area contributed by atoms with Gasteiger partial charge >= 0.3 is 0 Å². The summed E-state index contributed by atoms with van der Waals surface area (Å²) in [6.45, 7) is 2.52. The number of hydrogen-bond donors (Lipinski definition) is 1. The van der Waals surface area contributed by atoms with Gasteiger partial charge in [-0.15, -0.1) is 0 Å². The molecule has 2 N–H and O–H groups in total. The van der Waals surface area contributed by atoms with E-state index in [1.165, 1.54) is 0 Å². The van der Waals surface area contributed by atoms with Crippen LogP contribution in [0.1, 0.15) is 30.7 Å². The number of carbonyl (C=O) groups excluding carboxylic acids is 1. The molecule has 0 unspecified atom stereocenters. The fourth-order valence-corrected chi connectivity index (χ4v) is 3.36. The molecule has 1 aromatic carbocycles. The van der Waals surface area contributed by atoms with Gasteiger partial charge in [-0.1, -0.05) is 23.4 Å².